The average Bonchev–Trinajstić information content (AvgIpc) is 3.34. The van der Waals surface area contributed by atoms with Gasteiger partial charge in [0, 0.05) is 37.3 Å². The number of likely N-dealkylation sites (tertiary alicyclic amines) is 1. The first kappa shape index (κ1) is 15.0. The van der Waals surface area contributed by atoms with Crippen LogP contribution in [0.4, 0.5) is 0 Å². The van der Waals surface area contributed by atoms with Gasteiger partial charge in [0.1, 0.15) is 6.54 Å². The smallest absolute Gasteiger partial charge is 0.340 e. The van der Waals surface area contributed by atoms with E-state index in [1.165, 1.54) is 10.8 Å². The zero-order valence-corrected chi connectivity index (χ0v) is 13.3. The van der Waals surface area contributed by atoms with Crippen LogP contribution in [0, 0.1) is 0 Å². The monoisotopic (exact) mass is 329 g/mol. The summed E-state index contributed by atoms with van der Waals surface area (Å²) in [6, 6.07) is 1.65. The highest BCUT2D eigenvalue weighted by molar-refractivity contribution is 5.76. The Morgan fingerprint density at radius 2 is 2.17 bits per heavy atom. The molecule has 24 heavy (non-hydrogen) atoms. The second kappa shape index (κ2) is 6.18. The first-order valence-electron chi connectivity index (χ1n) is 8.33. The summed E-state index contributed by atoms with van der Waals surface area (Å²) in [5.74, 6) is 1.89. The van der Waals surface area contributed by atoms with Crippen molar-refractivity contribution in [2.75, 3.05) is 13.1 Å². The van der Waals surface area contributed by atoms with E-state index in [4.69, 9.17) is 4.52 Å². The zero-order chi connectivity index (χ0) is 16.5. The number of carbonyl (C=O) groups excluding carboxylic acids is 1. The maximum atomic E-state index is 12.5. The Balaban J connectivity index is 1.43. The van der Waals surface area contributed by atoms with Crippen molar-refractivity contribution in [3.8, 4) is 0 Å². The Kier molecular flexibility index (Phi) is 3.87. The molecule has 1 saturated carbocycles. The fourth-order valence-electron chi connectivity index (χ4n) is 3.08. The van der Waals surface area contributed by atoms with Gasteiger partial charge in [-0.05, 0) is 31.7 Å². The third kappa shape index (κ3) is 3.08. The molecular weight excluding hydrogens is 310 g/mol. The molecule has 0 N–H and O–H groups in total. The van der Waals surface area contributed by atoms with Crippen LogP contribution in [0.5, 0.6) is 0 Å². The minimum absolute atomic E-state index is 0.0129. The highest BCUT2D eigenvalue weighted by Crippen LogP contribution is 2.39. The molecule has 2 fully saturated rings. The third-order valence-electron chi connectivity index (χ3n) is 4.61. The number of hydrogen-bond donors (Lipinski definition) is 0. The van der Waals surface area contributed by atoms with Crippen molar-refractivity contribution in [3.63, 3.8) is 0 Å². The molecule has 4 rings (SSSR count). The fourth-order valence-corrected chi connectivity index (χ4v) is 3.08. The van der Waals surface area contributed by atoms with E-state index in [0.717, 1.165) is 31.6 Å². The number of rotatable bonds is 4. The molecule has 2 aliphatic rings. The van der Waals surface area contributed by atoms with Gasteiger partial charge in [-0.1, -0.05) is 5.16 Å². The van der Waals surface area contributed by atoms with E-state index in [2.05, 4.69) is 15.1 Å². The fraction of sp³-hybridized carbons (Fsp3) is 0.562. The summed E-state index contributed by atoms with van der Waals surface area (Å²) < 4.78 is 6.66. The van der Waals surface area contributed by atoms with Crippen molar-refractivity contribution in [1.82, 2.24) is 24.6 Å². The number of nitrogens with zero attached hydrogens (tertiary/aromatic N) is 5. The summed E-state index contributed by atoms with van der Waals surface area (Å²) in [7, 11) is 0. The van der Waals surface area contributed by atoms with Crippen LogP contribution in [0.25, 0.3) is 0 Å². The van der Waals surface area contributed by atoms with Gasteiger partial charge in [-0.2, -0.15) is 4.98 Å². The first-order valence-corrected chi connectivity index (χ1v) is 8.33. The normalized spacial score (nSPS) is 21.0. The van der Waals surface area contributed by atoms with Crippen LogP contribution in [-0.4, -0.2) is 43.6 Å². The lowest BCUT2D eigenvalue weighted by atomic mass is 9.97. The minimum Gasteiger partial charge on any atom is -0.340 e. The molecule has 8 heteroatoms. The largest absolute Gasteiger partial charge is 0.347 e. The van der Waals surface area contributed by atoms with E-state index in [9.17, 15) is 9.59 Å². The third-order valence-corrected chi connectivity index (χ3v) is 4.61. The standard InChI is InChI=1S/C16H19N5O3/c22-13(10-21-8-2-6-17-16(21)23)20-7-1-3-12(9-20)14-18-15(24-19-14)11-4-5-11/h2,6,8,11-12H,1,3-5,7,9-10H2. The molecule has 1 unspecified atom stereocenters. The highest BCUT2D eigenvalue weighted by atomic mass is 16.5. The van der Waals surface area contributed by atoms with E-state index >= 15 is 0 Å². The molecule has 3 heterocycles. The summed E-state index contributed by atoms with van der Waals surface area (Å²) in [6.07, 6.45) is 7.09. The SMILES string of the molecule is O=C(Cn1cccnc1=O)N1CCCC(c2noc(C3CC3)n2)C1. The first-order chi connectivity index (χ1) is 11.7. The van der Waals surface area contributed by atoms with Crippen molar-refractivity contribution >= 4 is 5.91 Å². The van der Waals surface area contributed by atoms with Gasteiger partial charge in [0.05, 0.1) is 0 Å². The second-order valence-electron chi connectivity index (χ2n) is 6.47. The van der Waals surface area contributed by atoms with Gasteiger partial charge in [-0.15, -0.1) is 0 Å². The molecule has 1 aliphatic carbocycles. The lowest BCUT2D eigenvalue weighted by Gasteiger charge is -2.31. The van der Waals surface area contributed by atoms with Crippen molar-refractivity contribution < 1.29 is 9.32 Å². The molecule has 126 valence electrons. The lowest BCUT2D eigenvalue weighted by molar-refractivity contribution is -0.133. The van der Waals surface area contributed by atoms with Gasteiger partial charge in [0.25, 0.3) is 0 Å². The summed E-state index contributed by atoms with van der Waals surface area (Å²) in [6.45, 7) is 1.27. The molecule has 1 atom stereocenters. The maximum absolute atomic E-state index is 12.5. The van der Waals surface area contributed by atoms with Crippen molar-refractivity contribution in [1.29, 1.82) is 0 Å². The van der Waals surface area contributed by atoms with E-state index in [1.54, 1.807) is 17.2 Å². The second-order valence-corrected chi connectivity index (χ2v) is 6.47. The van der Waals surface area contributed by atoms with Crippen LogP contribution >= 0.6 is 0 Å². The predicted molar refractivity (Wildman–Crippen MR) is 83.3 cm³/mol. The van der Waals surface area contributed by atoms with E-state index in [0.29, 0.717) is 24.8 Å². The Hall–Kier alpha value is -2.51. The van der Waals surface area contributed by atoms with Gasteiger partial charge < -0.3 is 9.42 Å². The molecule has 0 aromatic carbocycles. The molecule has 1 saturated heterocycles. The highest BCUT2D eigenvalue weighted by Gasteiger charge is 2.32. The molecule has 2 aromatic rings. The topological polar surface area (TPSA) is 94.1 Å². The Morgan fingerprint density at radius 3 is 2.96 bits per heavy atom. The van der Waals surface area contributed by atoms with E-state index in [1.807, 2.05) is 0 Å². The summed E-state index contributed by atoms with van der Waals surface area (Å²) in [5, 5.41) is 4.10. The number of piperidine rings is 1. The van der Waals surface area contributed by atoms with Crippen LogP contribution < -0.4 is 5.69 Å². The van der Waals surface area contributed by atoms with Crippen molar-refractivity contribution in [2.45, 2.75) is 44.1 Å². The average molecular weight is 329 g/mol. The molecule has 0 radical (unpaired) electrons. The van der Waals surface area contributed by atoms with Crippen LogP contribution in [0.3, 0.4) is 0 Å². The predicted octanol–water partition coefficient (Wildman–Crippen LogP) is 0.910. The zero-order valence-electron chi connectivity index (χ0n) is 13.3. The van der Waals surface area contributed by atoms with Crippen molar-refractivity contribution in [2.24, 2.45) is 0 Å². The molecule has 2 aromatic heterocycles. The molecular formula is C16H19N5O3. The van der Waals surface area contributed by atoms with E-state index < -0.39 is 5.69 Å². The number of aromatic nitrogens is 4. The van der Waals surface area contributed by atoms with Gasteiger partial charge in [0.15, 0.2) is 5.82 Å². The Labute approximate surface area is 138 Å². The van der Waals surface area contributed by atoms with Gasteiger partial charge in [-0.3, -0.25) is 9.36 Å². The van der Waals surface area contributed by atoms with Crippen LogP contribution in [0.1, 0.15) is 49.2 Å². The lowest BCUT2D eigenvalue weighted by Crippen LogP contribution is -2.42. The Bertz CT molecular complexity index is 795. The maximum Gasteiger partial charge on any atom is 0.347 e. The van der Waals surface area contributed by atoms with Crippen LogP contribution in [0.2, 0.25) is 0 Å². The quantitative estimate of drug-likeness (QED) is 0.827. The van der Waals surface area contributed by atoms with Crippen molar-refractivity contribution in [3.05, 3.63) is 40.7 Å². The van der Waals surface area contributed by atoms with E-state index in [-0.39, 0.29) is 18.4 Å². The minimum atomic E-state index is -0.411. The van der Waals surface area contributed by atoms with Gasteiger partial charge in [0.2, 0.25) is 11.8 Å². The van der Waals surface area contributed by atoms with Gasteiger partial charge in [-0.25, -0.2) is 9.78 Å². The number of hydrogen-bond acceptors (Lipinski definition) is 6. The molecule has 0 bridgehead atoms. The summed E-state index contributed by atoms with van der Waals surface area (Å²) in [4.78, 5) is 34.1. The number of amides is 1. The molecule has 1 aliphatic heterocycles. The van der Waals surface area contributed by atoms with Gasteiger partial charge >= 0.3 is 5.69 Å². The molecule has 0 spiro atoms. The number of carbonyl (C=O) groups is 1. The van der Waals surface area contributed by atoms with Crippen LogP contribution in [-0.2, 0) is 11.3 Å². The Morgan fingerprint density at radius 1 is 1.29 bits per heavy atom. The molecule has 1 amide bonds. The molecule has 8 nitrogen and oxygen atoms in total. The van der Waals surface area contributed by atoms with Crippen LogP contribution in [0.15, 0.2) is 27.8 Å². The summed E-state index contributed by atoms with van der Waals surface area (Å²) >= 11 is 0. The summed E-state index contributed by atoms with van der Waals surface area (Å²) in [5.41, 5.74) is -0.411.